The van der Waals surface area contributed by atoms with Crippen molar-refractivity contribution in [2.24, 2.45) is 0 Å². The first kappa shape index (κ1) is 19.3. The summed E-state index contributed by atoms with van der Waals surface area (Å²) in [7, 11) is 1.35. The number of hydrogen-bond acceptors (Lipinski definition) is 4. The van der Waals surface area contributed by atoms with Crippen molar-refractivity contribution in [3.8, 4) is 0 Å². The van der Waals surface area contributed by atoms with Crippen molar-refractivity contribution in [1.29, 1.82) is 0 Å². The molecule has 136 valence electrons. The fourth-order valence-corrected chi connectivity index (χ4v) is 2.91. The molecule has 0 bridgehead atoms. The first-order valence-corrected chi connectivity index (χ1v) is 8.65. The lowest BCUT2D eigenvalue weighted by atomic mass is 10.1. The molecule has 1 aliphatic rings. The lowest BCUT2D eigenvalue weighted by molar-refractivity contribution is 0.0256. The Kier molecular flexibility index (Phi) is 6.11. The third-order valence-electron chi connectivity index (χ3n) is 3.82. The molecule has 1 fully saturated rings. The van der Waals surface area contributed by atoms with E-state index in [-0.39, 0.29) is 23.5 Å². The number of halogens is 1. The highest BCUT2D eigenvalue weighted by Gasteiger charge is 2.36. The Labute approximate surface area is 153 Å². The molecule has 1 saturated heterocycles. The van der Waals surface area contributed by atoms with Gasteiger partial charge in [-0.05, 0) is 44.9 Å². The van der Waals surface area contributed by atoms with Crippen molar-refractivity contribution in [3.63, 3.8) is 0 Å². The minimum Gasteiger partial charge on any atom is -0.465 e. The quantitative estimate of drug-likeness (QED) is 0.597. The Balaban J connectivity index is 2.09. The summed E-state index contributed by atoms with van der Waals surface area (Å²) < 4.78 is 10.1. The molecule has 0 radical (unpaired) electrons. The van der Waals surface area contributed by atoms with E-state index in [1.165, 1.54) is 7.11 Å². The largest absolute Gasteiger partial charge is 0.465 e. The Bertz CT molecular complexity index is 648. The number of methoxy groups -OCH3 is 1. The number of benzene rings is 1. The molecule has 1 aromatic carbocycles. The summed E-state index contributed by atoms with van der Waals surface area (Å²) >= 11 is 6.38. The van der Waals surface area contributed by atoms with E-state index >= 15 is 0 Å². The summed E-state index contributed by atoms with van der Waals surface area (Å²) in [6.45, 7) is 6.09. The second kappa shape index (κ2) is 7.91. The molecular formula is C19H24ClNO4. The van der Waals surface area contributed by atoms with Gasteiger partial charge >= 0.3 is 12.1 Å². The number of carbonyl (C=O) groups is 2. The van der Waals surface area contributed by atoms with Crippen molar-refractivity contribution in [1.82, 2.24) is 4.90 Å². The number of nitrogens with zero attached hydrogens (tertiary/aromatic N) is 1. The molecule has 0 N–H and O–H groups in total. The van der Waals surface area contributed by atoms with Gasteiger partial charge in [0.25, 0.3) is 0 Å². The predicted molar refractivity (Wildman–Crippen MR) is 97.8 cm³/mol. The van der Waals surface area contributed by atoms with Crippen LogP contribution < -0.4 is 0 Å². The predicted octanol–water partition coefficient (Wildman–Crippen LogP) is 4.10. The molecular weight excluding hydrogens is 342 g/mol. The van der Waals surface area contributed by atoms with E-state index in [2.05, 4.69) is 4.74 Å². The highest BCUT2D eigenvalue weighted by molar-refractivity contribution is 6.21. The topological polar surface area (TPSA) is 55.8 Å². The van der Waals surface area contributed by atoms with Gasteiger partial charge in [-0.15, -0.1) is 11.6 Å². The average Bonchev–Trinajstić information content (AvgIpc) is 2.92. The number of alkyl halides is 1. The van der Waals surface area contributed by atoms with Crippen LogP contribution in [-0.4, -0.2) is 47.6 Å². The summed E-state index contributed by atoms with van der Waals surface area (Å²) in [5.41, 5.74) is 0.859. The van der Waals surface area contributed by atoms with Crippen LogP contribution in [0.15, 0.2) is 30.3 Å². The standard InChI is InChI=1S/C19H24ClNO4/c1-19(2,3)25-18(23)21-12-11-15(20)16(21)10-7-13-5-8-14(9-6-13)17(22)24-4/h5-10,15-16H,11-12H2,1-4H3. The van der Waals surface area contributed by atoms with Crippen molar-refractivity contribution >= 4 is 29.7 Å². The Morgan fingerprint density at radius 2 is 1.88 bits per heavy atom. The van der Waals surface area contributed by atoms with Crippen molar-refractivity contribution < 1.29 is 19.1 Å². The van der Waals surface area contributed by atoms with Gasteiger partial charge in [-0.25, -0.2) is 9.59 Å². The molecule has 2 atom stereocenters. The van der Waals surface area contributed by atoms with Gasteiger partial charge in [0.15, 0.2) is 0 Å². The summed E-state index contributed by atoms with van der Waals surface area (Å²) in [4.78, 5) is 25.4. The maximum atomic E-state index is 12.3. The highest BCUT2D eigenvalue weighted by Crippen LogP contribution is 2.26. The maximum absolute atomic E-state index is 12.3. The fourth-order valence-electron chi connectivity index (χ4n) is 2.59. The molecule has 6 heteroatoms. The van der Waals surface area contributed by atoms with Crippen molar-refractivity contribution in [2.75, 3.05) is 13.7 Å². The van der Waals surface area contributed by atoms with Crippen LogP contribution in [0.5, 0.6) is 0 Å². The van der Waals surface area contributed by atoms with Crippen LogP contribution in [0.4, 0.5) is 4.79 Å². The average molecular weight is 366 g/mol. The monoisotopic (exact) mass is 365 g/mol. The first-order chi connectivity index (χ1) is 11.7. The minimum absolute atomic E-state index is 0.155. The van der Waals surface area contributed by atoms with E-state index in [9.17, 15) is 9.59 Å². The second-order valence-corrected chi connectivity index (χ2v) is 7.50. The lowest BCUT2D eigenvalue weighted by Gasteiger charge is -2.28. The van der Waals surface area contributed by atoms with Gasteiger partial charge < -0.3 is 14.4 Å². The number of carbonyl (C=O) groups excluding carboxylic acids is 2. The van der Waals surface area contributed by atoms with Crippen LogP contribution in [0.1, 0.15) is 43.1 Å². The maximum Gasteiger partial charge on any atom is 0.410 e. The van der Waals surface area contributed by atoms with E-state index in [1.54, 1.807) is 17.0 Å². The SMILES string of the molecule is COC(=O)c1ccc(C=CC2C(Cl)CCN2C(=O)OC(C)(C)C)cc1. The second-order valence-electron chi connectivity index (χ2n) is 6.94. The van der Waals surface area contributed by atoms with Crippen LogP contribution in [0.3, 0.4) is 0 Å². The first-order valence-electron chi connectivity index (χ1n) is 8.21. The Hall–Kier alpha value is -2.01. The van der Waals surface area contributed by atoms with Crippen LogP contribution >= 0.6 is 11.6 Å². The molecule has 1 amide bonds. The van der Waals surface area contributed by atoms with E-state index in [4.69, 9.17) is 16.3 Å². The molecule has 1 aliphatic heterocycles. The van der Waals surface area contributed by atoms with Gasteiger partial charge in [0.1, 0.15) is 5.60 Å². The number of rotatable bonds is 3. The van der Waals surface area contributed by atoms with Gasteiger partial charge in [-0.3, -0.25) is 0 Å². The van der Waals surface area contributed by atoms with Gasteiger partial charge in [-0.1, -0.05) is 24.3 Å². The Morgan fingerprint density at radius 3 is 2.44 bits per heavy atom. The van der Waals surface area contributed by atoms with E-state index in [0.717, 1.165) is 12.0 Å². The molecule has 0 aliphatic carbocycles. The van der Waals surface area contributed by atoms with Gasteiger partial charge in [0, 0.05) is 6.54 Å². The number of likely N-dealkylation sites (tertiary alicyclic amines) is 1. The van der Waals surface area contributed by atoms with Gasteiger partial charge in [0.05, 0.1) is 24.1 Å². The third-order valence-corrected chi connectivity index (χ3v) is 4.30. The van der Waals surface area contributed by atoms with Gasteiger partial charge in [0.2, 0.25) is 0 Å². The number of amides is 1. The van der Waals surface area contributed by atoms with E-state index in [1.807, 2.05) is 45.1 Å². The lowest BCUT2D eigenvalue weighted by Crippen LogP contribution is -2.40. The zero-order valence-electron chi connectivity index (χ0n) is 15.0. The highest BCUT2D eigenvalue weighted by atomic mass is 35.5. The van der Waals surface area contributed by atoms with Crippen LogP contribution in [0.25, 0.3) is 6.08 Å². The third kappa shape index (κ3) is 5.23. The van der Waals surface area contributed by atoms with E-state index in [0.29, 0.717) is 12.1 Å². The zero-order chi connectivity index (χ0) is 18.6. The zero-order valence-corrected chi connectivity index (χ0v) is 15.7. The van der Waals surface area contributed by atoms with Crippen LogP contribution in [0, 0.1) is 0 Å². The molecule has 0 aromatic heterocycles. The minimum atomic E-state index is -0.542. The molecule has 1 heterocycles. The van der Waals surface area contributed by atoms with Crippen molar-refractivity contribution in [2.45, 2.75) is 44.2 Å². The van der Waals surface area contributed by atoms with Crippen molar-refractivity contribution in [3.05, 3.63) is 41.5 Å². The molecule has 5 nitrogen and oxygen atoms in total. The smallest absolute Gasteiger partial charge is 0.410 e. The molecule has 2 unspecified atom stereocenters. The molecule has 0 saturated carbocycles. The number of ether oxygens (including phenoxy) is 2. The summed E-state index contributed by atoms with van der Waals surface area (Å²) in [6, 6.07) is 6.81. The number of hydrogen-bond donors (Lipinski definition) is 0. The Morgan fingerprint density at radius 1 is 1.24 bits per heavy atom. The van der Waals surface area contributed by atoms with Crippen LogP contribution in [0.2, 0.25) is 0 Å². The van der Waals surface area contributed by atoms with Gasteiger partial charge in [-0.2, -0.15) is 0 Å². The molecule has 1 aromatic rings. The fraction of sp³-hybridized carbons (Fsp3) is 0.474. The van der Waals surface area contributed by atoms with E-state index < -0.39 is 5.60 Å². The van der Waals surface area contributed by atoms with Crippen LogP contribution in [-0.2, 0) is 9.47 Å². The number of esters is 1. The molecule has 0 spiro atoms. The summed E-state index contributed by atoms with van der Waals surface area (Å²) in [5, 5.41) is -0.155. The molecule has 2 rings (SSSR count). The summed E-state index contributed by atoms with van der Waals surface area (Å²) in [5.74, 6) is -0.372. The molecule has 25 heavy (non-hydrogen) atoms. The normalized spacial score (nSPS) is 20.8. The summed E-state index contributed by atoms with van der Waals surface area (Å²) in [6.07, 6.45) is 4.16.